The average Bonchev–Trinajstić information content (AvgIpc) is 2.17. The highest BCUT2D eigenvalue weighted by molar-refractivity contribution is 9.10. The van der Waals surface area contributed by atoms with E-state index >= 15 is 0 Å². The van der Waals surface area contributed by atoms with Gasteiger partial charge < -0.3 is 0 Å². The van der Waals surface area contributed by atoms with E-state index in [-0.39, 0.29) is 10.6 Å². The molecule has 1 N–H and O–H groups in total. The Labute approximate surface area is 126 Å². The molecule has 0 aromatic heterocycles. The number of anilines is 1. The molecule has 108 valence electrons. The number of benzene rings is 1. The Kier molecular flexibility index (Phi) is 4.61. The Hall–Kier alpha value is -0.310. The van der Waals surface area contributed by atoms with Gasteiger partial charge in [-0.3, -0.25) is 4.72 Å². The summed E-state index contributed by atoms with van der Waals surface area (Å²) >= 11 is 3.11. The van der Waals surface area contributed by atoms with Gasteiger partial charge in [0.25, 0.3) is 9.05 Å². The SMILES string of the molecule is CC(C)(C)S(=O)(=O)Nc1ccc(S(=O)(=O)Cl)cc1Br. The van der Waals surface area contributed by atoms with Crippen LogP contribution in [0.2, 0.25) is 0 Å². The van der Waals surface area contributed by atoms with Crippen molar-refractivity contribution in [1.82, 2.24) is 0 Å². The van der Waals surface area contributed by atoms with E-state index in [1.54, 1.807) is 20.8 Å². The van der Waals surface area contributed by atoms with Crippen LogP contribution >= 0.6 is 26.6 Å². The van der Waals surface area contributed by atoms with Crippen molar-refractivity contribution in [2.75, 3.05) is 4.72 Å². The third-order valence-corrected chi connectivity index (χ3v) is 6.38. The third-order valence-electron chi connectivity index (χ3n) is 2.27. The van der Waals surface area contributed by atoms with Gasteiger partial charge >= 0.3 is 0 Å². The van der Waals surface area contributed by atoms with Crippen molar-refractivity contribution in [2.24, 2.45) is 0 Å². The summed E-state index contributed by atoms with van der Waals surface area (Å²) in [5, 5.41) is 0. The van der Waals surface area contributed by atoms with Crippen LogP contribution in [0.1, 0.15) is 20.8 Å². The summed E-state index contributed by atoms with van der Waals surface area (Å²) < 4.78 is 48.0. The molecular weight excluding hydrogens is 378 g/mol. The van der Waals surface area contributed by atoms with Crippen LogP contribution in [0, 0.1) is 0 Å². The maximum absolute atomic E-state index is 12.0. The molecule has 0 aliphatic rings. The van der Waals surface area contributed by atoms with Gasteiger partial charge in [-0.05, 0) is 54.9 Å². The van der Waals surface area contributed by atoms with Gasteiger partial charge in [0.1, 0.15) is 0 Å². The fourth-order valence-electron chi connectivity index (χ4n) is 1.03. The first kappa shape index (κ1) is 16.7. The van der Waals surface area contributed by atoms with Gasteiger partial charge in [0.05, 0.1) is 15.3 Å². The lowest BCUT2D eigenvalue weighted by molar-refractivity contribution is 0.566. The second-order valence-corrected chi connectivity index (χ2v) is 10.7. The molecule has 0 spiro atoms. The van der Waals surface area contributed by atoms with Crippen LogP contribution in [0.3, 0.4) is 0 Å². The molecule has 0 atom stereocenters. The molecule has 1 aromatic rings. The second-order valence-electron chi connectivity index (χ2n) is 4.80. The maximum Gasteiger partial charge on any atom is 0.261 e. The van der Waals surface area contributed by atoms with E-state index in [1.165, 1.54) is 18.2 Å². The number of halogens is 2. The molecule has 5 nitrogen and oxygen atoms in total. The third kappa shape index (κ3) is 4.08. The van der Waals surface area contributed by atoms with E-state index in [9.17, 15) is 16.8 Å². The van der Waals surface area contributed by atoms with Crippen LogP contribution in [-0.2, 0) is 19.1 Å². The predicted molar refractivity (Wildman–Crippen MR) is 79.5 cm³/mol. The van der Waals surface area contributed by atoms with E-state index in [1.807, 2.05) is 0 Å². The lowest BCUT2D eigenvalue weighted by atomic mass is 10.3. The largest absolute Gasteiger partial charge is 0.282 e. The highest BCUT2D eigenvalue weighted by Gasteiger charge is 2.29. The zero-order valence-electron chi connectivity index (χ0n) is 10.4. The highest BCUT2D eigenvalue weighted by Crippen LogP contribution is 2.29. The molecule has 0 amide bonds. The molecule has 0 radical (unpaired) electrons. The molecule has 19 heavy (non-hydrogen) atoms. The minimum absolute atomic E-state index is 0.111. The normalized spacial score (nSPS) is 13.3. The minimum atomic E-state index is -3.85. The topological polar surface area (TPSA) is 80.3 Å². The van der Waals surface area contributed by atoms with Crippen LogP contribution < -0.4 is 4.72 Å². The second kappa shape index (κ2) is 5.23. The molecule has 1 aromatic carbocycles. The molecular formula is C10H13BrClNO4S2. The van der Waals surface area contributed by atoms with E-state index in [0.717, 1.165) is 0 Å². The summed E-state index contributed by atoms with van der Waals surface area (Å²) in [4.78, 5) is -0.111. The Morgan fingerprint density at radius 3 is 2.05 bits per heavy atom. The zero-order valence-corrected chi connectivity index (χ0v) is 14.4. The van der Waals surface area contributed by atoms with Gasteiger partial charge in [0, 0.05) is 15.2 Å². The summed E-state index contributed by atoms with van der Waals surface area (Å²) in [5.74, 6) is 0. The first-order valence-corrected chi connectivity index (χ1v) is 9.70. The fraction of sp³-hybridized carbons (Fsp3) is 0.400. The Morgan fingerprint density at radius 2 is 1.68 bits per heavy atom. The highest BCUT2D eigenvalue weighted by atomic mass is 79.9. The Morgan fingerprint density at radius 1 is 1.16 bits per heavy atom. The van der Waals surface area contributed by atoms with Gasteiger partial charge in [-0.1, -0.05) is 0 Å². The monoisotopic (exact) mass is 389 g/mol. The molecule has 0 aliphatic carbocycles. The first-order chi connectivity index (χ1) is 8.34. The van der Waals surface area contributed by atoms with E-state index in [4.69, 9.17) is 10.7 Å². The fourth-order valence-corrected chi connectivity index (χ4v) is 3.34. The molecule has 0 saturated heterocycles. The van der Waals surface area contributed by atoms with Crippen LogP contribution in [0.4, 0.5) is 5.69 Å². The Bertz CT molecular complexity index is 693. The van der Waals surface area contributed by atoms with Gasteiger partial charge in [-0.2, -0.15) is 0 Å². The maximum atomic E-state index is 12.0. The van der Waals surface area contributed by atoms with Crippen LogP contribution in [0.5, 0.6) is 0 Å². The molecule has 0 heterocycles. The van der Waals surface area contributed by atoms with E-state index in [2.05, 4.69) is 20.7 Å². The molecule has 0 fully saturated rings. The summed E-state index contributed by atoms with van der Waals surface area (Å²) in [7, 11) is -2.23. The van der Waals surface area contributed by atoms with Crippen LogP contribution in [0.25, 0.3) is 0 Å². The quantitative estimate of drug-likeness (QED) is 0.805. The molecule has 9 heteroatoms. The van der Waals surface area contributed by atoms with Crippen molar-refractivity contribution in [2.45, 2.75) is 30.4 Å². The van der Waals surface area contributed by atoms with E-state index < -0.39 is 23.8 Å². The van der Waals surface area contributed by atoms with Crippen molar-refractivity contribution >= 4 is 51.4 Å². The Balaban J connectivity index is 3.20. The van der Waals surface area contributed by atoms with Crippen LogP contribution in [0.15, 0.2) is 27.6 Å². The van der Waals surface area contributed by atoms with Gasteiger partial charge in [0.15, 0.2) is 0 Å². The standard InChI is InChI=1S/C10H13BrClNO4S2/c1-10(2,3)19(16,17)13-9-5-4-7(6-8(9)11)18(12,14)15/h4-6,13H,1-3H3. The number of sulfonamides is 1. The molecule has 0 aliphatic heterocycles. The predicted octanol–water partition coefficient (Wildman–Crippen LogP) is 2.92. The minimum Gasteiger partial charge on any atom is -0.282 e. The number of rotatable bonds is 3. The van der Waals surface area contributed by atoms with E-state index in [0.29, 0.717) is 4.47 Å². The van der Waals surface area contributed by atoms with Crippen molar-refractivity contribution in [3.05, 3.63) is 22.7 Å². The van der Waals surface area contributed by atoms with Crippen molar-refractivity contribution in [3.63, 3.8) is 0 Å². The van der Waals surface area contributed by atoms with Crippen molar-refractivity contribution in [1.29, 1.82) is 0 Å². The van der Waals surface area contributed by atoms with Gasteiger partial charge in [-0.25, -0.2) is 16.8 Å². The van der Waals surface area contributed by atoms with Crippen molar-refractivity contribution in [3.8, 4) is 0 Å². The number of hydrogen-bond donors (Lipinski definition) is 1. The van der Waals surface area contributed by atoms with Crippen LogP contribution in [-0.4, -0.2) is 21.6 Å². The number of nitrogens with one attached hydrogen (secondary N) is 1. The lowest BCUT2D eigenvalue weighted by Gasteiger charge is -2.21. The van der Waals surface area contributed by atoms with Gasteiger partial charge in [-0.15, -0.1) is 0 Å². The molecule has 0 saturated carbocycles. The smallest absolute Gasteiger partial charge is 0.261 e. The lowest BCUT2D eigenvalue weighted by Crippen LogP contribution is -2.33. The summed E-state index contributed by atoms with van der Waals surface area (Å²) in [6.45, 7) is 4.67. The summed E-state index contributed by atoms with van der Waals surface area (Å²) in [6.07, 6.45) is 0. The number of hydrogen-bond acceptors (Lipinski definition) is 4. The van der Waals surface area contributed by atoms with Crippen molar-refractivity contribution < 1.29 is 16.8 Å². The molecule has 1 rings (SSSR count). The molecule has 0 unspecified atom stereocenters. The average molecular weight is 391 g/mol. The molecule has 0 bridgehead atoms. The zero-order chi connectivity index (χ0) is 15.1. The first-order valence-electron chi connectivity index (χ1n) is 5.11. The van der Waals surface area contributed by atoms with Gasteiger partial charge in [0.2, 0.25) is 10.0 Å². The summed E-state index contributed by atoms with van der Waals surface area (Å²) in [6, 6.07) is 3.80. The summed E-state index contributed by atoms with van der Waals surface area (Å²) in [5.41, 5.74) is 0.249.